The fourth-order valence-electron chi connectivity index (χ4n) is 3.08. The van der Waals surface area contributed by atoms with Gasteiger partial charge < -0.3 is 19.3 Å². The molecule has 3 rings (SSSR count). The summed E-state index contributed by atoms with van der Waals surface area (Å²) in [6, 6.07) is 9.63. The predicted molar refractivity (Wildman–Crippen MR) is 84.2 cm³/mol. The lowest BCUT2D eigenvalue weighted by atomic mass is 9.92. The van der Waals surface area contributed by atoms with Crippen LogP contribution in [0.3, 0.4) is 0 Å². The Morgan fingerprint density at radius 1 is 1.09 bits per heavy atom. The van der Waals surface area contributed by atoms with E-state index in [0.717, 1.165) is 28.2 Å². The van der Waals surface area contributed by atoms with E-state index in [1.165, 1.54) is 0 Å². The SMILES string of the molecule is COc1ccc([C@H]2Oc3c(cc(O)c(OC)c3C)[C@@H]2C)cc1. The number of benzene rings is 2. The summed E-state index contributed by atoms with van der Waals surface area (Å²) in [4.78, 5) is 0. The minimum absolute atomic E-state index is 0.0777. The van der Waals surface area contributed by atoms with Gasteiger partial charge in [0.1, 0.15) is 17.6 Å². The van der Waals surface area contributed by atoms with E-state index in [2.05, 4.69) is 6.92 Å². The average Bonchev–Trinajstić information content (AvgIpc) is 2.85. The Labute approximate surface area is 130 Å². The first-order valence-electron chi connectivity index (χ1n) is 7.27. The third kappa shape index (κ3) is 2.15. The van der Waals surface area contributed by atoms with E-state index in [1.807, 2.05) is 31.2 Å². The van der Waals surface area contributed by atoms with Crippen LogP contribution in [0.4, 0.5) is 0 Å². The predicted octanol–water partition coefficient (Wildman–Crippen LogP) is 3.96. The molecule has 0 saturated carbocycles. The van der Waals surface area contributed by atoms with Crippen molar-refractivity contribution in [3.63, 3.8) is 0 Å². The summed E-state index contributed by atoms with van der Waals surface area (Å²) >= 11 is 0. The van der Waals surface area contributed by atoms with Crippen LogP contribution in [0.25, 0.3) is 0 Å². The topological polar surface area (TPSA) is 47.9 Å². The zero-order valence-corrected chi connectivity index (χ0v) is 13.2. The summed E-state index contributed by atoms with van der Waals surface area (Å²) in [7, 11) is 3.20. The molecular weight excluding hydrogens is 280 g/mol. The maximum Gasteiger partial charge on any atom is 0.167 e. The van der Waals surface area contributed by atoms with Gasteiger partial charge in [0.25, 0.3) is 0 Å². The van der Waals surface area contributed by atoms with Crippen LogP contribution in [-0.2, 0) is 0 Å². The first kappa shape index (κ1) is 14.6. The molecule has 0 bridgehead atoms. The molecule has 2 atom stereocenters. The molecule has 0 aliphatic carbocycles. The molecule has 0 radical (unpaired) electrons. The molecular formula is C18H20O4. The Morgan fingerprint density at radius 3 is 2.36 bits per heavy atom. The van der Waals surface area contributed by atoms with Crippen LogP contribution in [0.1, 0.15) is 35.6 Å². The van der Waals surface area contributed by atoms with E-state index >= 15 is 0 Å². The average molecular weight is 300 g/mol. The highest BCUT2D eigenvalue weighted by atomic mass is 16.5. The van der Waals surface area contributed by atoms with Gasteiger partial charge in [0.05, 0.1) is 14.2 Å². The Morgan fingerprint density at radius 2 is 1.77 bits per heavy atom. The van der Waals surface area contributed by atoms with Crippen molar-refractivity contribution in [2.24, 2.45) is 0 Å². The molecule has 2 aromatic carbocycles. The van der Waals surface area contributed by atoms with Crippen LogP contribution in [0.5, 0.6) is 23.0 Å². The minimum Gasteiger partial charge on any atom is -0.504 e. The second-order valence-electron chi connectivity index (χ2n) is 5.57. The van der Waals surface area contributed by atoms with Crippen molar-refractivity contribution in [1.82, 2.24) is 0 Å². The first-order chi connectivity index (χ1) is 10.6. The van der Waals surface area contributed by atoms with E-state index in [1.54, 1.807) is 20.3 Å². The van der Waals surface area contributed by atoms with Crippen molar-refractivity contribution in [2.75, 3.05) is 14.2 Å². The summed E-state index contributed by atoms with van der Waals surface area (Å²) in [6.45, 7) is 4.01. The van der Waals surface area contributed by atoms with Crippen LogP contribution in [0.15, 0.2) is 30.3 Å². The van der Waals surface area contributed by atoms with Gasteiger partial charge in [-0.15, -0.1) is 0 Å². The van der Waals surface area contributed by atoms with Crippen molar-refractivity contribution >= 4 is 0 Å². The molecule has 2 aromatic rings. The summed E-state index contributed by atoms with van der Waals surface area (Å²) in [5.41, 5.74) is 2.93. The Balaban J connectivity index is 1.99. The van der Waals surface area contributed by atoms with Gasteiger partial charge in [0, 0.05) is 17.0 Å². The Bertz CT molecular complexity index is 691. The van der Waals surface area contributed by atoms with Crippen molar-refractivity contribution < 1.29 is 19.3 Å². The Kier molecular flexibility index (Phi) is 3.61. The summed E-state index contributed by atoms with van der Waals surface area (Å²) < 4.78 is 16.6. The van der Waals surface area contributed by atoms with Crippen LogP contribution in [-0.4, -0.2) is 19.3 Å². The molecule has 0 fully saturated rings. The third-order valence-electron chi connectivity index (χ3n) is 4.31. The van der Waals surface area contributed by atoms with Crippen molar-refractivity contribution in [1.29, 1.82) is 0 Å². The van der Waals surface area contributed by atoms with Gasteiger partial charge in [0.2, 0.25) is 0 Å². The second-order valence-corrected chi connectivity index (χ2v) is 5.57. The normalized spacial score (nSPS) is 19.5. The fraction of sp³-hybridized carbons (Fsp3) is 0.333. The highest BCUT2D eigenvalue weighted by Gasteiger charge is 2.35. The van der Waals surface area contributed by atoms with Crippen molar-refractivity contribution in [3.8, 4) is 23.0 Å². The van der Waals surface area contributed by atoms with Crippen LogP contribution >= 0.6 is 0 Å². The van der Waals surface area contributed by atoms with E-state index in [9.17, 15) is 5.11 Å². The standard InChI is InChI=1S/C18H20O4/c1-10-14-9-15(19)18(21-4)11(2)17(14)22-16(10)12-5-7-13(20-3)8-6-12/h5-10,16,19H,1-4H3/t10-,16-/m0/s1. The zero-order valence-electron chi connectivity index (χ0n) is 13.2. The molecule has 0 aromatic heterocycles. The molecule has 22 heavy (non-hydrogen) atoms. The maximum absolute atomic E-state index is 10.1. The molecule has 4 nitrogen and oxygen atoms in total. The monoisotopic (exact) mass is 300 g/mol. The van der Waals surface area contributed by atoms with E-state index in [0.29, 0.717) is 5.75 Å². The molecule has 0 amide bonds. The zero-order chi connectivity index (χ0) is 15.9. The lowest BCUT2D eigenvalue weighted by Gasteiger charge is -2.16. The molecule has 0 saturated heterocycles. The quantitative estimate of drug-likeness (QED) is 0.932. The first-order valence-corrected chi connectivity index (χ1v) is 7.27. The van der Waals surface area contributed by atoms with Crippen molar-refractivity contribution in [2.45, 2.75) is 25.9 Å². The molecule has 1 heterocycles. The maximum atomic E-state index is 10.1. The summed E-state index contributed by atoms with van der Waals surface area (Å²) in [5, 5.41) is 10.1. The molecule has 0 spiro atoms. The van der Waals surface area contributed by atoms with Gasteiger partial charge >= 0.3 is 0 Å². The fourth-order valence-corrected chi connectivity index (χ4v) is 3.08. The van der Waals surface area contributed by atoms with Crippen molar-refractivity contribution in [3.05, 3.63) is 47.0 Å². The van der Waals surface area contributed by atoms with Gasteiger partial charge in [-0.1, -0.05) is 19.1 Å². The van der Waals surface area contributed by atoms with Gasteiger partial charge in [0.15, 0.2) is 11.5 Å². The van der Waals surface area contributed by atoms with Gasteiger partial charge in [-0.25, -0.2) is 0 Å². The summed E-state index contributed by atoms with van der Waals surface area (Å²) in [5.74, 6) is 2.41. The minimum atomic E-state index is -0.0777. The smallest absolute Gasteiger partial charge is 0.167 e. The highest BCUT2D eigenvalue weighted by Crippen LogP contribution is 2.52. The number of hydrogen-bond acceptors (Lipinski definition) is 4. The molecule has 1 aliphatic heterocycles. The molecule has 0 unspecified atom stereocenters. The van der Waals surface area contributed by atoms with Gasteiger partial charge in [-0.05, 0) is 30.7 Å². The lowest BCUT2D eigenvalue weighted by molar-refractivity contribution is 0.214. The van der Waals surface area contributed by atoms with Gasteiger partial charge in [-0.3, -0.25) is 0 Å². The van der Waals surface area contributed by atoms with Crippen LogP contribution < -0.4 is 14.2 Å². The third-order valence-corrected chi connectivity index (χ3v) is 4.31. The van der Waals surface area contributed by atoms with Crippen LogP contribution in [0.2, 0.25) is 0 Å². The van der Waals surface area contributed by atoms with E-state index in [4.69, 9.17) is 14.2 Å². The number of methoxy groups -OCH3 is 2. The van der Waals surface area contributed by atoms with E-state index < -0.39 is 0 Å². The van der Waals surface area contributed by atoms with E-state index in [-0.39, 0.29) is 17.8 Å². The lowest BCUT2D eigenvalue weighted by Crippen LogP contribution is -2.07. The second kappa shape index (κ2) is 5.44. The number of aromatic hydroxyl groups is 1. The molecule has 1 N–H and O–H groups in total. The number of ether oxygens (including phenoxy) is 3. The van der Waals surface area contributed by atoms with Crippen LogP contribution in [0, 0.1) is 6.92 Å². The largest absolute Gasteiger partial charge is 0.504 e. The number of fused-ring (bicyclic) bond motifs is 1. The number of phenolic OH excluding ortho intramolecular Hbond substituents is 1. The number of rotatable bonds is 3. The number of phenols is 1. The highest BCUT2D eigenvalue weighted by molar-refractivity contribution is 5.60. The Hall–Kier alpha value is -2.36. The summed E-state index contributed by atoms with van der Waals surface area (Å²) in [6.07, 6.45) is -0.0777. The number of hydrogen-bond donors (Lipinski definition) is 1. The molecule has 4 heteroatoms. The molecule has 116 valence electrons. The molecule has 1 aliphatic rings. The van der Waals surface area contributed by atoms with Gasteiger partial charge in [-0.2, -0.15) is 0 Å².